The van der Waals surface area contributed by atoms with E-state index in [1.54, 1.807) is 0 Å². The summed E-state index contributed by atoms with van der Waals surface area (Å²) < 4.78 is 6.01. The van der Waals surface area contributed by atoms with E-state index in [4.69, 9.17) is 16.3 Å². The van der Waals surface area contributed by atoms with Crippen molar-refractivity contribution < 1.29 is 4.74 Å². The van der Waals surface area contributed by atoms with Crippen LogP contribution in [-0.2, 0) is 0 Å². The van der Waals surface area contributed by atoms with Crippen molar-refractivity contribution in [1.82, 2.24) is 0 Å². The molecule has 3 nitrogen and oxygen atoms in total. The minimum atomic E-state index is -0.365. The van der Waals surface area contributed by atoms with E-state index in [0.717, 1.165) is 16.9 Å². The molecule has 1 atom stereocenters. The first kappa shape index (κ1) is 12.9. The fraction of sp³-hybridized carbons (Fsp3) is 0.125. The van der Waals surface area contributed by atoms with Gasteiger partial charge >= 0.3 is 0 Å². The summed E-state index contributed by atoms with van der Waals surface area (Å²) in [7, 11) is 0. The summed E-state index contributed by atoms with van der Waals surface area (Å²) in [5, 5.41) is 3.54. The van der Waals surface area contributed by atoms with E-state index in [2.05, 4.69) is 5.18 Å². The second-order valence-electron chi connectivity index (χ2n) is 4.53. The quantitative estimate of drug-likeness (QED) is 0.777. The van der Waals surface area contributed by atoms with Crippen molar-refractivity contribution in [1.29, 1.82) is 0 Å². The Morgan fingerprint density at radius 2 is 1.75 bits per heavy atom. The average Bonchev–Trinajstić information content (AvgIpc) is 2.51. The van der Waals surface area contributed by atoms with Gasteiger partial charge in [0.25, 0.3) is 0 Å². The lowest BCUT2D eigenvalue weighted by Gasteiger charge is -2.28. The maximum absolute atomic E-state index is 10.7. The Bertz CT molecular complexity index is 667. The second-order valence-corrected chi connectivity index (χ2v) is 4.91. The molecule has 20 heavy (non-hydrogen) atoms. The van der Waals surface area contributed by atoms with E-state index in [1.807, 2.05) is 54.6 Å². The van der Waals surface area contributed by atoms with Gasteiger partial charge in [0.15, 0.2) is 0 Å². The van der Waals surface area contributed by atoms with Crippen LogP contribution in [0, 0.1) is 4.91 Å². The van der Waals surface area contributed by atoms with Crippen LogP contribution >= 0.6 is 11.6 Å². The van der Waals surface area contributed by atoms with Gasteiger partial charge in [0.1, 0.15) is 18.4 Å². The van der Waals surface area contributed by atoms with Gasteiger partial charge in [0.05, 0.1) is 5.03 Å². The smallest absolute Gasteiger partial charge is 0.149 e. The summed E-state index contributed by atoms with van der Waals surface area (Å²) in [5.74, 6) is 0.723. The number of para-hydroxylation sites is 1. The molecule has 1 aliphatic rings. The van der Waals surface area contributed by atoms with E-state index in [-0.39, 0.29) is 12.6 Å². The van der Waals surface area contributed by atoms with Crippen molar-refractivity contribution in [3.63, 3.8) is 0 Å². The summed E-state index contributed by atoms with van der Waals surface area (Å²) in [6, 6.07) is 17.2. The van der Waals surface area contributed by atoms with Gasteiger partial charge in [-0.15, -0.1) is 0 Å². The van der Waals surface area contributed by atoms with Gasteiger partial charge in [-0.2, -0.15) is 4.91 Å². The summed E-state index contributed by atoms with van der Waals surface area (Å²) in [6.07, 6.45) is -0.365. The fourth-order valence-corrected chi connectivity index (χ4v) is 2.67. The van der Waals surface area contributed by atoms with E-state index in [1.165, 1.54) is 0 Å². The second kappa shape index (κ2) is 5.47. The normalized spacial score (nSPS) is 17.4. The minimum absolute atomic E-state index is 0.0206. The minimum Gasteiger partial charge on any atom is -0.481 e. The molecule has 0 saturated carbocycles. The van der Waals surface area contributed by atoms with Gasteiger partial charge in [0, 0.05) is 11.1 Å². The van der Waals surface area contributed by atoms with Gasteiger partial charge in [-0.1, -0.05) is 59.2 Å². The van der Waals surface area contributed by atoms with Crippen molar-refractivity contribution in [2.75, 3.05) is 6.54 Å². The fourth-order valence-electron chi connectivity index (χ4n) is 2.36. The van der Waals surface area contributed by atoms with Crippen LogP contribution in [0.1, 0.15) is 17.2 Å². The zero-order valence-electron chi connectivity index (χ0n) is 10.6. The molecule has 1 unspecified atom stereocenters. The topological polar surface area (TPSA) is 38.7 Å². The maximum atomic E-state index is 10.7. The molecule has 2 aromatic carbocycles. The van der Waals surface area contributed by atoms with Gasteiger partial charge in [0.2, 0.25) is 0 Å². The third kappa shape index (κ3) is 2.21. The Morgan fingerprint density at radius 1 is 1.05 bits per heavy atom. The number of hydrogen-bond acceptors (Lipinski definition) is 3. The largest absolute Gasteiger partial charge is 0.481 e. The number of rotatable bonds is 3. The van der Waals surface area contributed by atoms with E-state index in [0.29, 0.717) is 10.6 Å². The standard InChI is InChI=1S/C16H12ClNO2/c17-15-12-8-4-5-9-14(12)20-16(13(15)10-18-19)11-6-2-1-3-7-11/h1-9,16H,10H2. The summed E-state index contributed by atoms with van der Waals surface area (Å²) >= 11 is 6.44. The summed E-state index contributed by atoms with van der Waals surface area (Å²) in [6.45, 7) is 0.0206. The number of ether oxygens (including phenoxy) is 1. The Labute approximate surface area is 121 Å². The van der Waals surface area contributed by atoms with Gasteiger partial charge < -0.3 is 4.74 Å². The lowest BCUT2D eigenvalue weighted by atomic mass is 9.96. The first-order valence-corrected chi connectivity index (χ1v) is 6.67. The maximum Gasteiger partial charge on any atom is 0.149 e. The number of nitroso groups, excluding NO2 is 1. The molecule has 0 N–H and O–H groups in total. The molecule has 0 aliphatic carbocycles. The van der Waals surface area contributed by atoms with Crippen LogP contribution in [0.25, 0.3) is 5.03 Å². The number of halogens is 1. The Morgan fingerprint density at radius 3 is 2.50 bits per heavy atom. The van der Waals surface area contributed by atoms with Crippen molar-refractivity contribution in [3.8, 4) is 5.75 Å². The van der Waals surface area contributed by atoms with Gasteiger partial charge in [-0.25, -0.2) is 0 Å². The molecule has 0 aromatic heterocycles. The third-order valence-corrected chi connectivity index (χ3v) is 3.75. The Balaban J connectivity index is 2.13. The molecular formula is C16H12ClNO2. The first-order chi connectivity index (χ1) is 9.81. The van der Waals surface area contributed by atoms with E-state index < -0.39 is 0 Å². The van der Waals surface area contributed by atoms with Crippen LogP contribution in [0.15, 0.2) is 65.3 Å². The molecule has 0 amide bonds. The lowest BCUT2D eigenvalue weighted by Crippen LogP contribution is -2.18. The van der Waals surface area contributed by atoms with Crippen molar-refractivity contribution in [3.05, 3.63) is 76.2 Å². The summed E-state index contributed by atoms with van der Waals surface area (Å²) in [5.41, 5.74) is 2.46. The van der Waals surface area contributed by atoms with Crippen LogP contribution in [0.3, 0.4) is 0 Å². The molecule has 1 aliphatic heterocycles. The van der Waals surface area contributed by atoms with Crippen molar-refractivity contribution >= 4 is 16.6 Å². The van der Waals surface area contributed by atoms with Crippen LogP contribution in [-0.4, -0.2) is 6.54 Å². The molecular weight excluding hydrogens is 274 g/mol. The zero-order chi connectivity index (χ0) is 13.9. The molecule has 4 heteroatoms. The van der Waals surface area contributed by atoms with Crippen LogP contribution < -0.4 is 4.74 Å². The van der Waals surface area contributed by atoms with Gasteiger partial charge in [-0.3, -0.25) is 0 Å². The summed E-state index contributed by atoms with van der Waals surface area (Å²) in [4.78, 5) is 10.7. The first-order valence-electron chi connectivity index (χ1n) is 6.30. The molecule has 0 saturated heterocycles. The molecule has 1 heterocycles. The SMILES string of the molecule is O=NCC1=C(Cl)c2ccccc2OC1c1ccccc1. The van der Waals surface area contributed by atoms with Gasteiger partial charge in [-0.05, 0) is 17.7 Å². The van der Waals surface area contributed by atoms with E-state index in [9.17, 15) is 4.91 Å². The molecule has 100 valence electrons. The molecule has 0 bridgehead atoms. The highest BCUT2D eigenvalue weighted by molar-refractivity contribution is 6.49. The number of hydrogen-bond donors (Lipinski definition) is 0. The number of benzene rings is 2. The highest BCUT2D eigenvalue weighted by atomic mass is 35.5. The molecule has 3 rings (SSSR count). The van der Waals surface area contributed by atoms with E-state index >= 15 is 0 Å². The predicted molar refractivity (Wildman–Crippen MR) is 79.7 cm³/mol. The zero-order valence-corrected chi connectivity index (χ0v) is 11.4. The predicted octanol–water partition coefficient (Wildman–Crippen LogP) is 4.54. The van der Waals surface area contributed by atoms with Crippen molar-refractivity contribution in [2.45, 2.75) is 6.10 Å². The molecule has 0 spiro atoms. The lowest BCUT2D eigenvalue weighted by molar-refractivity contribution is 0.236. The van der Waals surface area contributed by atoms with Crippen molar-refractivity contribution in [2.24, 2.45) is 5.18 Å². The number of nitrogens with zero attached hydrogens (tertiary/aromatic N) is 1. The molecule has 2 aromatic rings. The highest BCUT2D eigenvalue weighted by Gasteiger charge is 2.28. The molecule has 0 fully saturated rings. The molecule has 0 radical (unpaired) electrons. The van der Waals surface area contributed by atoms with Crippen LogP contribution in [0.4, 0.5) is 0 Å². The Hall–Kier alpha value is -2.13. The number of fused-ring (bicyclic) bond motifs is 1. The van der Waals surface area contributed by atoms with Crippen LogP contribution in [0.5, 0.6) is 5.75 Å². The average molecular weight is 286 g/mol. The third-order valence-electron chi connectivity index (χ3n) is 3.30. The highest BCUT2D eigenvalue weighted by Crippen LogP contribution is 2.43. The van der Waals surface area contributed by atoms with Crippen LogP contribution in [0.2, 0.25) is 0 Å². The monoisotopic (exact) mass is 285 g/mol. The Kier molecular flexibility index (Phi) is 3.52.